The number of aromatic nitrogens is 2. The molecular formula is C14H12BrF3N4. The molecule has 8 heteroatoms. The van der Waals surface area contributed by atoms with Crippen molar-refractivity contribution in [2.24, 2.45) is 12.0 Å². The predicted molar refractivity (Wildman–Crippen MR) is 79.2 cm³/mol. The van der Waals surface area contributed by atoms with Crippen LogP contribution in [0.1, 0.15) is 0 Å². The largest absolute Gasteiger partial charge is 0.405 e. The lowest BCUT2D eigenvalue weighted by atomic mass is 10.2. The molecule has 3 heterocycles. The zero-order chi connectivity index (χ0) is 15.9. The molecule has 1 aliphatic rings. The third kappa shape index (κ3) is 2.75. The smallest absolute Gasteiger partial charge is 0.348 e. The quantitative estimate of drug-likeness (QED) is 0.808. The molecule has 0 unspecified atom stereocenters. The lowest BCUT2D eigenvalue weighted by Gasteiger charge is -2.21. The summed E-state index contributed by atoms with van der Waals surface area (Å²) in [7, 11) is 1.81. The Kier molecular flexibility index (Phi) is 3.72. The van der Waals surface area contributed by atoms with E-state index in [-0.39, 0.29) is 6.67 Å². The highest BCUT2D eigenvalue weighted by Crippen LogP contribution is 2.23. The fraction of sp³-hybridized carbons (Fsp3) is 0.286. The molecule has 0 fully saturated rings. The van der Waals surface area contributed by atoms with E-state index < -0.39 is 12.7 Å². The fourth-order valence-electron chi connectivity index (χ4n) is 2.44. The molecule has 0 N–H and O–H groups in total. The Morgan fingerprint density at radius 3 is 2.73 bits per heavy atom. The van der Waals surface area contributed by atoms with Crippen LogP contribution in [-0.4, -0.2) is 33.8 Å². The molecule has 0 aromatic carbocycles. The first-order valence-electron chi connectivity index (χ1n) is 6.49. The summed E-state index contributed by atoms with van der Waals surface area (Å²) in [5, 5.41) is 0.642. The summed E-state index contributed by atoms with van der Waals surface area (Å²) < 4.78 is 40.3. The second kappa shape index (κ2) is 5.42. The highest BCUT2D eigenvalue weighted by atomic mass is 79.9. The minimum Gasteiger partial charge on any atom is -0.348 e. The van der Waals surface area contributed by atoms with Gasteiger partial charge in [-0.1, -0.05) is 6.07 Å². The Morgan fingerprint density at radius 2 is 2.09 bits per heavy atom. The molecule has 0 amide bonds. The van der Waals surface area contributed by atoms with Crippen molar-refractivity contribution < 1.29 is 13.2 Å². The second-order valence-corrected chi connectivity index (χ2v) is 5.72. The summed E-state index contributed by atoms with van der Waals surface area (Å²) in [4.78, 5) is 9.70. The SMILES string of the molecule is Cn1c(Br)c(-c2ccccn2)c2c1=NCN(CC(F)(F)F)C=2. The van der Waals surface area contributed by atoms with Crippen LogP contribution in [0, 0.1) is 0 Å². The molecular weight excluding hydrogens is 361 g/mol. The molecule has 0 saturated carbocycles. The first-order valence-corrected chi connectivity index (χ1v) is 7.29. The Labute approximate surface area is 132 Å². The summed E-state index contributed by atoms with van der Waals surface area (Å²) in [6.07, 6.45) is -1.11. The monoisotopic (exact) mass is 372 g/mol. The number of pyridine rings is 1. The Hall–Kier alpha value is -1.83. The molecule has 4 nitrogen and oxygen atoms in total. The van der Waals surface area contributed by atoms with Gasteiger partial charge < -0.3 is 9.47 Å². The number of hydrogen-bond acceptors (Lipinski definition) is 3. The van der Waals surface area contributed by atoms with Gasteiger partial charge in [-0.05, 0) is 28.1 Å². The molecule has 0 aliphatic carbocycles. The van der Waals surface area contributed by atoms with E-state index >= 15 is 0 Å². The fourth-order valence-corrected chi connectivity index (χ4v) is 3.02. The molecule has 2 aromatic heterocycles. The average molecular weight is 373 g/mol. The van der Waals surface area contributed by atoms with Crippen molar-refractivity contribution in [3.05, 3.63) is 39.7 Å². The molecule has 0 radical (unpaired) electrons. The van der Waals surface area contributed by atoms with Crippen molar-refractivity contribution in [1.29, 1.82) is 0 Å². The van der Waals surface area contributed by atoms with E-state index in [9.17, 15) is 13.2 Å². The highest BCUT2D eigenvalue weighted by molar-refractivity contribution is 9.10. The number of alkyl halides is 3. The maximum Gasteiger partial charge on any atom is 0.405 e. The van der Waals surface area contributed by atoms with Crippen LogP contribution in [-0.2, 0) is 7.05 Å². The predicted octanol–water partition coefficient (Wildman–Crippen LogP) is 2.04. The lowest BCUT2D eigenvalue weighted by Crippen LogP contribution is -2.41. The van der Waals surface area contributed by atoms with Crippen molar-refractivity contribution in [2.45, 2.75) is 6.18 Å². The molecule has 22 heavy (non-hydrogen) atoms. The van der Waals surface area contributed by atoms with Crippen molar-refractivity contribution in [3.8, 4) is 11.3 Å². The van der Waals surface area contributed by atoms with Crippen LogP contribution in [0.3, 0.4) is 0 Å². The van der Waals surface area contributed by atoms with E-state index in [0.717, 1.165) is 15.1 Å². The minimum atomic E-state index is -4.26. The summed E-state index contributed by atoms with van der Waals surface area (Å²) >= 11 is 3.48. The van der Waals surface area contributed by atoms with Gasteiger partial charge in [0.1, 0.15) is 18.7 Å². The summed E-state index contributed by atoms with van der Waals surface area (Å²) in [6.45, 7) is -1.04. The Morgan fingerprint density at radius 1 is 1.32 bits per heavy atom. The Bertz CT molecular complexity index is 811. The number of rotatable bonds is 2. The van der Waals surface area contributed by atoms with Crippen LogP contribution >= 0.6 is 15.9 Å². The zero-order valence-corrected chi connectivity index (χ0v) is 13.2. The van der Waals surface area contributed by atoms with E-state index in [1.807, 2.05) is 19.2 Å². The van der Waals surface area contributed by atoms with Gasteiger partial charge in [-0.15, -0.1) is 0 Å². The van der Waals surface area contributed by atoms with Gasteiger partial charge in [0.15, 0.2) is 0 Å². The number of nitrogens with zero attached hydrogens (tertiary/aromatic N) is 4. The van der Waals surface area contributed by atoms with Crippen molar-refractivity contribution >= 4 is 22.1 Å². The molecule has 2 aromatic rings. The number of halogens is 4. The normalized spacial score (nSPS) is 14.3. The van der Waals surface area contributed by atoms with Gasteiger partial charge in [-0.3, -0.25) is 4.98 Å². The van der Waals surface area contributed by atoms with Crippen LogP contribution in [0.4, 0.5) is 13.2 Å². The number of fused-ring (bicyclic) bond motifs is 1. The van der Waals surface area contributed by atoms with Crippen LogP contribution in [0.5, 0.6) is 0 Å². The Balaban J connectivity index is 2.17. The summed E-state index contributed by atoms with van der Waals surface area (Å²) in [6, 6.07) is 5.44. The van der Waals surface area contributed by atoms with Gasteiger partial charge in [0.05, 0.1) is 10.3 Å². The molecule has 3 rings (SSSR count). The van der Waals surface area contributed by atoms with Gasteiger partial charge in [0, 0.05) is 30.2 Å². The summed E-state index contributed by atoms with van der Waals surface area (Å²) in [5.74, 6) is 0. The first kappa shape index (κ1) is 15.1. The standard InChI is InChI=1S/C14H12BrF3N4/c1-21-12(15)11(10-4-2-3-5-19-10)9-6-22(7-14(16,17)18)8-20-13(9)21/h2-6H,7-8H2,1H3. The third-order valence-electron chi connectivity index (χ3n) is 3.35. The third-order valence-corrected chi connectivity index (χ3v) is 4.27. The van der Waals surface area contributed by atoms with Crippen LogP contribution in [0.2, 0.25) is 0 Å². The number of hydrogen-bond donors (Lipinski definition) is 0. The average Bonchev–Trinajstić information content (AvgIpc) is 2.70. The maximum atomic E-state index is 12.6. The maximum absolute atomic E-state index is 12.6. The molecule has 0 bridgehead atoms. The van der Waals surface area contributed by atoms with E-state index in [0.29, 0.717) is 16.4 Å². The molecule has 0 spiro atoms. The van der Waals surface area contributed by atoms with Gasteiger partial charge in [-0.25, -0.2) is 4.99 Å². The van der Waals surface area contributed by atoms with Gasteiger partial charge >= 0.3 is 6.18 Å². The van der Waals surface area contributed by atoms with Crippen molar-refractivity contribution in [3.63, 3.8) is 0 Å². The molecule has 0 saturated heterocycles. The van der Waals surface area contributed by atoms with Crippen molar-refractivity contribution in [2.75, 3.05) is 13.2 Å². The van der Waals surface area contributed by atoms with Crippen molar-refractivity contribution in [1.82, 2.24) is 14.5 Å². The lowest BCUT2D eigenvalue weighted by molar-refractivity contribution is -0.138. The van der Waals surface area contributed by atoms with Gasteiger partial charge in [0.2, 0.25) is 0 Å². The van der Waals surface area contributed by atoms with Gasteiger partial charge in [-0.2, -0.15) is 13.2 Å². The van der Waals surface area contributed by atoms with E-state index in [2.05, 4.69) is 25.9 Å². The highest BCUT2D eigenvalue weighted by Gasteiger charge is 2.30. The molecule has 0 atom stereocenters. The summed E-state index contributed by atoms with van der Waals surface area (Å²) in [5.41, 5.74) is 2.08. The van der Waals surface area contributed by atoms with Crippen LogP contribution in [0.25, 0.3) is 17.5 Å². The molecule has 1 aliphatic heterocycles. The zero-order valence-electron chi connectivity index (χ0n) is 11.6. The van der Waals surface area contributed by atoms with E-state index in [1.165, 1.54) is 6.20 Å². The van der Waals surface area contributed by atoms with E-state index in [1.54, 1.807) is 16.8 Å². The second-order valence-electron chi connectivity index (χ2n) is 4.97. The van der Waals surface area contributed by atoms with Crippen LogP contribution in [0.15, 0.2) is 34.0 Å². The molecule has 116 valence electrons. The first-order chi connectivity index (χ1) is 10.4. The van der Waals surface area contributed by atoms with Gasteiger partial charge in [0.25, 0.3) is 0 Å². The van der Waals surface area contributed by atoms with E-state index in [4.69, 9.17) is 0 Å². The van der Waals surface area contributed by atoms with Crippen LogP contribution < -0.4 is 10.7 Å². The topological polar surface area (TPSA) is 33.4 Å². The minimum absolute atomic E-state index is 0.0154.